The van der Waals surface area contributed by atoms with Gasteiger partial charge in [0.15, 0.2) is 0 Å². The van der Waals surface area contributed by atoms with Gasteiger partial charge in [0, 0.05) is 43.5 Å². The van der Waals surface area contributed by atoms with Crippen LogP contribution in [0.1, 0.15) is 90.1 Å². The number of likely N-dealkylation sites (tertiary alicyclic amines) is 1. The van der Waals surface area contributed by atoms with E-state index in [4.69, 9.17) is 9.16 Å². The van der Waals surface area contributed by atoms with Crippen LogP contribution in [0.25, 0.3) is 16.6 Å². The molecule has 8 nitrogen and oxygen atoms in total. The molecule has 290 valence electrons. The Morgan fingerprint density at radius 3 is 2.09 bits per heavy atom. The van der Waals surface area contributed by atoms with Crippen LogP contribution in [0.4, 0.5) is 9.18 Å². The average Bonchev–Trinajstić information content (AvgIpc) is 3.53. The molecule has 10 heteroatoms. The summed E-state index contributed by atoms with van der Waals surface area (Å²) in [5.41, 5.74) is 2.24. The molecule has 0 bridgehead atoms. The highest BCUT2D eigenvalue weighted by Gasteiger charge is 2.50. The van der Waals surface area contributed by atoms with E-state index in [9.17, 15) is 9.59 Å². The number of halogens is 1. The number of nitrogens with zero attached hydrogens (tertiary/aromatic N) is 4. The molecule has 1 saturated heterocycles. The van der Waals surface area contributed by atoms with Gasteiger partial charge in [-0.1, -0.05) is 81.4 Å². The monoisotopic (exact) mass is 762 g/mol. The number of carbonyl (C=O) groups is 2. The van der Waals surface area contributed by atoms with Crippen molar-refractivity contribution in [3.63, 3.8) is 0 Å². The number of amides is 2. The number of pyridine rings is 1. The van der Waals surface area contributed by atoms with Gasteiger partial charge < -0.3 is 23.5 Å². The molecule has 0 saturated carbocycles. The zero-order valence-electron chi connectivity index (χ0n) is 33.5. The Morgan fingerprint density at radius 1 is 0.909 bits per heavy atom. The van der Waals surface area contributed by atoms with Gasteiger partial charge in [-0.2, -0.15) is 0 Å². The third-order valence-corrected chi connectivity index (χ3v) is 15.7. The minimum absolute atomic E-state index is 0.176. The summed E-state index contributed by atoms with van der Waals surface area (Å²) in [5, 5.41) is 3.14. The van der Waals surface area contributed by atoms with E-state index in [-0.39, 0.29) is 34.6 Å². The molecule has 6 rings (SSSR count). The SMILES string of the molecule is CC(C)N(CCO[Si](c1ccccc1)(c1ccccc1)C(C)(C)C)C(=O)c1cc(F)ccc1-n1cc(C2CCN(C(=O)OC(C)(C)C)CC2)c2ccncc21. The Labute approximate surface area is 326 Å². The minimum atomic E-state index is -2.84. The van der Waals surface area contributed by atoms with Gasteiger partial charge in [0.25, 0.3) is 14.2 Å². The molecule has 3 heterocycles. The number of hydrogen-bond donors (Lipinski definition) is 0. The zero-order chi connectivity index (χ0) is 39.5. The van der Waals surface area contributed by atoms with Crippen molar-refractivity contribution in [3.05, 3.63) is 120 Å². The molecule has 1 fully saturated rings. The van der Waals surface area contributed by atoms with Crippen molar-refractivity contribution < 1.29 is 23.1 Å². The number of benzene rings is 3. The van der Waals surface area contributed by atoms with Gasteiger partial charge in [0.05, 0.1) is 29.6 Å². The van der Waals surface area contributed by atoms with E-state index < -0.39 is 19.7 Å². The maximum atomic E-state index is 15.2. The topological polar surface area (TPSA) is 76.9 Å². The van der Waals surface area contributed by atoms with Gasteiger partial charge in [-0.25, -0.2) is 9.18 Å². The van der Waals surface area contributed by atoms with Crippen LogP contribution in [-0.4, -0.2) is 77.6 Å². The molecule has 0 unspecified atom stereocenters. The van der Waals surface area contributed by atoms with Crippen LogP contribution >= 0.6 is 0 Å². The molecule has 2 aromatic heterocycles. The Morgan fingerprint density at radius 2 is 1.53 bits per heavy atom. The second kappa shape index (κ2) is 16.1. The fourth-order valence-corrected chi connectivity index (χ4v) is 12.6. The van der Waals surface area contributed by atoms with Crippen LogP contribution in [0.3, 0.4) is 0 Å². The molecule has 0 radical (unpaired) electrons. The van der Waals surface area contributed by atoms with Crippen LogP contribution in [0.2, 0.25) is 5.04 Å². The quantitative estimate of drug-likeness (QED) is 0.133. The minimum Gasteiger partial charge on any atom is -0.444 e. The largest absolute Gasteiger partial charge is 0.444 e. The maximum absolute atomic E-state index is 15.2. The Kier molecular flexibility index (Phi) is 11.7. The lowest BCUT2D eigenvalue weighted by molar-refractivity contribution is 0.0205. The molecular formula is C45H55FN4O4Si. The molecule has 2 amide bonds. The van der Waals surface area contributed by atoms with Crippen molar-refractivity contribution in [1.82, 2.24) is 19.4 Å². The molecule has 0 N–H and O–H groups in total. The van der Waals surface area contributed by atoms with Gasteiger partial charge in [-0.3, -0.25) is 9.78 Å². The first kappa shape index (κ1) is 39.9. The van der Waals surface area contributed by atoms with E-state index in [0.29, 0.717) is 31.9 Å². The summed E-state index contributed by atoms with van der Waals surface area (Å²) < 4.78 is 29.9. The average molecular weight is 763 g/mol. The molecule has 0 spiro atoms. The number of fused-ring (bicyclic) bond motifs is 1. The lowest BCUT2D eigenvalue weighted by Crippen LogP contribution is -2.67. The number of ether oxygens (including phenoxy) is 1. The fourth-order valence-electron chi connectivity index (χ4n) is 8.02. The van der Waals surface area contributed by atoms with Crippen LogP contribution in [0.5, 0.6) is 0 Å². The highest BCUT2D eigenvalue weighted by Crippen LogP contribution is 2.38. The Bertz CT molecular complexity index is 2060. The van der Waals surface area contributed by atoms with E-state index in [2.05, 4.69) is 80.5 Å². The van der Waals surface area contributed by atoms with Crippen molar-refractivity contribution in [3.8, 4) is 5.69 Å². The van der Waals surface area contributed by atoms with Crippen LogP contribution < -0.4 is 10.4 Å². The molecular weight excluding hydrogens is 708 g/mol. The number of rotatable bonds is 10. The van der Waals surface area contributed by atoms with E-state index >= 15 is 4.39 Å². The van der Waals surface area contributed by atoms with Gasteiger partial charge in [-0.15, -0.1) is 0 Å². The maximum Gasteiger partial charge on any atom is 0.410 e. The van der Waals surface area contributed by atoms with Crippen LogP contribution in [0, 0.1) is 5.82 Å². The number of hydrogen-bond acceptors (Lipinski definition) is 5. The van der Waals surface area contributed by atoms with Gasteiger partial charge in [-0.05, 0) is 98.6 Å². The number of carbonyl (C=O) groups excluding carboxylic acids is 2. The smallest absolute Gasteiger partial charge is 0.410 e. The normalized spacial score (nSPS) is 14.4. The van der Waals surface area contributed by atoms with Crippen molar-refractivity contribution in [1.29, 1.82) is 0 Å². The third-order valence-electron chi connectivity index (χ3n) is 10.6. The summed E-state index contributed by atoms with van der Waals surface area (Å²) in [7, 11) is -2.84. The molecule has 55 heavy (non-hydrogen) atoms. The predicted molar refractivity (Wildman–Crippen MR) is 221 cm³/mol. The van der Waals surface area contributed by atoms with E-state index in [1.807, 2.05) is 57.4 Å². The second-order valence-corrected chi connectivity index (χ2v) is 21.2. The van der Waals surface area contributed by atoms with Gasteiger partial charge in [0.1, 0.15) is 11.4 Å². The summed E-state index contributed by atoms with van der Waals surface area (Å²) in [6, 6.07) is 27.1. The number of piperidine rings is 1. The summed E-state index contributed by atoms with van der Waals surface area (Å²) in [6.45, 7) is 18.1. The summed E-state index contributed by atoms with van der Waals surface area (Å²) in [4.78, 5) is 35.5. The standard InChI is InChI=1S/C45H55FN4O4Si/c1-32(2)49(27-28-53-55(45(6,7)8,35-15-11-9-12-16-35)36-17-13-10-14-18-36)42(51)38-29-34(46)19-20-40(38)50-31-39(37-21-24-47-30-41(37)50)33-22-25-48(26-23-33)43(52)54-44(3,4)5/h9-21,24,29-33H,22-23,25-28H2,1-8H3. The summed E-state index contributed by atoms with van der Waals surface area (Å²) >= 11 is 0. The van der Waals surface area contributed by atoms with Crippen molar-refractivity contribution in [2.24, 2.45) is 0 Å². The molecule has 5 aromatic rings. The Hall–Kier alpha value is -4.80. The van der Waals surface area contributed by atoms with Crippen molar-refractivity contribution in [2.75, 3.05) is 26.2 Å². The van der Waals surface area contributed by atoms with Gasteiger partial charge in [0.2, 0.25) is 0 Å². The summed E-state index contributed by atoms with van der Waals surface area (Å²) in [6.07, 6.45) is 6.87. The van der Waals surface area contributed by atoms with Crippen molar-refractivity contribution in [2.45, 2.75) is 90.8 Å². The molecule has 3 aromatic carbocycles. The lowest BCUT2D eigenvalue weighted by atomic mass is 9.89. The van der Waals surface area contributed by atoms with E-state index in [1.165, 1.54) is 22.5 Å². The van der Waals surface area contributed by atoms with Gasteiger partial charge >= 0.3 is 6.09 Å². The first-order valence-corrected chi connectivity index (χ1v) is 21.3. The third kappa shape index (κ3) is 8.40. The van der Waals surface area contributed by atoms with E-state index in [0.717, 1.165) is 29.3 Å². The zero-order valence-corrected chi connectivity index (χ0v) is 34.5. The fraction of sp³-hybridized carbons (Fsp3) is 0.400. The lowest BCUT2D eigenvalue weighted by Gasteiger charge is -2.43. The number of aromatic nitrogens is 2. The van der Waals surface area contributed by atoms with Crippen LogP contribution in [0.15, 0.2) is 104 Å². The molecule has 1 aliphatic rings. The Balaban J connectivity index is 1.30. The highest BCUT2D eigenvalue weighted by atomic mass is 28.4. The second-order valence-electron chi connectivity index (χ2n) is 16.9. The first-order valence-electron chi connectivity index (χ1n) is 19.4. The predicted octanol–water partition coefficient (Wildman–Crippen LogP) is 8.71. The summed E-state index contributed by atoms with van der Waals surface area (Å²) in [5.74, 6) is -0.576. The van der Waals surface area contributed by atoms with Crippen molar-refractivity contribution >= 4 is 41.6 Å². The first-order chi connectivity index (χ1) is 26.1. The highest BCUT2D eigenvalue weighted by molar-refractivity contribution is 6.99. The molecule has 0 aliphatic carbocycles. The van der Waals surface area contributed by atoms with Crippen LogP contribution in [-0.2, 0) is 9.16 Å². The molecule has 1 aliphatic heterocycles. The van der Waals surface area contributed by atoms with E-state index in [1.54, 1.807) is 28.3 Å². The molecule has 0 atom stereocenters.